The number of rotatable bonds is 7. The van der Waals surface area contributed by atoms with E-state index in [1.807, 2.05) is 19.9 Å². The summed E-state index contributed by atoms with van der Waals surface area (Å²) in [7, 11) is 1.68. The number of aryl methyl sites for hydroxylation is 1. The van der Waals surface area contributed by atoms with Crippen molar-refractivity contribution in [2.24, 2.45) is 0 Å². The zero-order valence-corrected chi connectivity index (χ0v) is 17.8. The van der Waals surface area contributed by atoms with Gasteiger partial charge in [-0.05, 0) is 32.9 Å². The van der Waals surface area contributed by atoms with E-state index in [1.165, 1.54) is 11.8 Å². The minimum Gasteiger partial charge on any atom is -0.383 e. The number of nitrogens with zero attached hydrogens (tertiary/aromatic N) is 4. The highest BCUT2D eigenvalue weighted by Gasteiger charge is 2.20. The molecular weight excluding hydrogens is 407 g/mol. The van der Waals surface area contributed by atoms with Crippen LogP contribution in [0.5, 0.6) is 0 Å². The van der Waals surface area contributed by atoms with Gasteiger partial charge in [0.05, 0.1) is 28.4 Å². The molecule has 9 heteroatoms. The van der Waals surface area contributed by atoms with Gasteiger partial charge in [-0.2, -0.15) is 0 Å². The Hall–Kier alpha value is -1.54. The maximum Gasteiger partial charge on any atom is 0.196 e. The van der Waals surface area contributed by atoms with Crippen molar-refractivity contribution < 1.29 is 9.53 Å². The molecule has 0 bridgehead atoms. The van der Waals surface area contributed by atoms with Gasteiger partial charge in [-0.25, -0.2) is 0 Å². The van der Waals surface area contributed by atoms with Gasteiger partial charge >= 0.3 is 0 Å². The van der Waals surface area contributed by atoms with Crippen LogP contribution in [0.1, 0.15) is 34.7 Å². The quantitative estimate of drug-likeness (QED) is 0.406. The summed E-state index contributed by atoms with van der Waals surface area (Å²) < 4.78 is 9.08. The van der Waals surface area contributed by atoms with Gasteiger partial charge in [0.25, 0.3) is 0 Å². The number of fused-ring (bicyclic) bond motifs is 1. The average Bonchev–Trinajstić information content (AvgIpc) is 3.13. The lowest BCUT2D eigenvalue weighted by atomic mass is 10.2. The Labute approximate surface area is 171 Å². The van der Waals surface area contributed by atoms with Crippen LogP contribution in [0, 0.1) is 13.8 Å². The Kier molecular flexibility index (Phi) is 6.15. The molecule has 144 valence electrons. The normalized spacial score (nSPS) is 12.7. The smallest absolute Gasteiger partial charge is 0.196 e. The Morgan fingerprint density at radius 2 is 2.04 bits per heavy atom. The Bertz CT molecular complexity index is 999. The van der Waals surface area contributed by atoms with Crippen molar-refractivity contribution in [3.05, 3.63) is 45.3 Å². The van der Waals surface area contributed by atoms with E-state index >= 15 is 0 Å². The molecule has 0 spiro atoms. The molecule has 0 N–H and O–H groups in total. The highest BCUT2D eigenvalue weighted by Crippen LogP contribution is 2.27. The Morgan fingerprint density at radius 3 is 2.74 bits per heavy atom. The van der Waals surface area contributed by atoms with E-state index in [-0.39, 0.29) is 17.6 Å². The first kappa shape index (κ1) is 20.2. The van der Waals surface area contributed by atoms with E-state index in [0.29, 0.717) is 33.0 Å². The van der Waals surface area contributed by atoms with E-state index in [0.717, 1.165) is 11.4 Å². The molecule has 3 heterocycles. The third-order valence-electron chi connectivity index (χ3n) is 4.36. The van der Waals surface area contributed by atoms with Crippen LogP contribution in [0.25, 0.3) is 5.65 Å². The first-order chi connectivity index (χ1) is 12.8. The van der Waals surface area contributed by atoms with Crippen LogP contribution in [-0.2, 0) is 4.74 Å². The first-order valence-electron chi connectivity index (χ1n) is 8.36. The fraction of sp³-hybridized carbons (Fsp3) is 0.389. The fourth-order valence-corrected chi connectivity index (χ4v) is 4.56. The van der Waals surface area contributed by atoms with Crippen molar-refractivity contribution in [1.29, 1.82) is 0 Å². The number of ether oxygens (including phenoxy) is 1. The first-order valence-corrected chi connectivity index (χ1v) is 10.1. The van der Waals surface area contributed by atoms with Crippen molar-refractivity contribution in [3.8, 4) is 0 Å². The molecule has 27 heavy (non-hydrogen) atoms. The summed E-state index contributed by atoms with van der Waals surface area (Å²) in [5.74, 6) is 0.280. The highest BCUT2D eigenvalue weighted by molar-refractivity contribution is 7.99. The van der Waals surface area contributed by atoms with Gasteiger partial charge in [-0.15, -0.1) is 10.2 Å². The molecule has 0 saturated carbocycles. The van der Waals surface area contributed by atoms with Gasteiger partial charge in [-0.1, -0.05) is 35.0 Å². The molecule has 1 atom stereocenters. The fourth-order valence-electron chi connectivity index (χ4n) is 3.26. The third kappa shape index (κ3) is 4.01. The van der Waals surface area contributed by atoms with E-state index in [9.17, 15) is 4.79 Å². The lowest BCUT2D eigenvalue weighted by molar-refractivity contribution is 0.102. The summed E-state index contributed by atoms with van der Waals surface area (Å²) in [4.78, 5) is 12.8. The van der Waals surface area contributed by atoms with Crippen LogP contribution >= 0.6 is 35.0 Å². The molecule has 0 aliphatic heterocycles. The SMILES string of the molecule is COC[C@H](C)n1c(C)cc(C(=O)CSc2nnc3c(Cl)cc(Cl)cn23)c1C. The molecular formula is C18H20Cl2N4O2S. The molecule has 0 aliphatic rings. The lowest BCUT2D eigenvalue weighted by Crippen LogP contribution is -2.14. The summed E-state index contributed by atoms with van der Waals surface area (Å²) >= 11 is 13.5. The summed E-state index contributed by atoms with van der Waals surface area (Å²) in [5, 5.41) is 9.66. The van der Waals surface area contributed by atoms with Crippen LogP contribution in [0.3, 0.4) is 0 Å². The summed E-state index contributed by atoms with van der Waals surface area (Å²) in [6, 6.07) is 3.71. The lowest BCUT2D eigenvalue weighted by Gasteiger charge is -2.17. The summed E-state index contributed by atoms with van der Waals surface area (Å²) in [6.07, 6.45) is 1.69. The topological polar surface area (TPSA) is 61.4 Å². The number of hydrogen-bond donors (Lipinski definition) is 0. The van der Waals surface area contributed by atoms with Crippen LogP contribution in [0.15, 0.2) is 23.5 Å². The maximum atomic E-state index is 12.8. The number of carbonyl (C=O) groups is 1. The maximum absolute atomic E-state index is 12.8. The zero-order chi connectivity index (χ0) is 19.7. The molecule has 3 rings (SSSR count). The molecule has 0 aromatic carbocycles. The second kappa shape index (κ2) is 8.22. The number of carbonyl (C=O) groups excluding carboxylic acids is 1. The number of aromatic nitrogens is 4. The number of pyridine rings is 1. The van der Waals surface area contributed by atoms with Gasteiger partial charge in [0, 0.05) is 30.3 Å². The molecule has 3 aromatic heterocycles. The number of hydrogen-bond acceptors (Lipinski definition) is 5. The van der Waals surface area contributed by atoms with Gasteiger partial charge in [0.15, 0.2) is 16.6 Å². The zero-order valence-electron chi connectivity index (χ0n) is 15.5. The molecule has 0 amide bonds. The standard InChI is InChI=1S/C18H20Cl2N4O2S/c1-10-5-14(12(3)24(10)11(2)8-26-4)16(25)9-27-18-22-21-17-15(20)6-13(19)7-23(17)18/h5-7,11H,8-9H2,1-4H3/t11-/m0/s1. The monoisotopic (exact) mass is 426 g/mol. The molecule has 6 nitrogen and oxygen atoms in total. The average molecular weight is 427 g/mol. The Morgan fingerprint density at radius 1 is 1.30 bits per heavy atom. The minimum absolute atomic E-state index is 0.0360. The second-order valence-electron chi connectivity index (χ2n) is 6.35. The van der Waals surface area contributed by atoms with Gasteiger partial charge in [0.1, 0.15) is 0 Å². The minimum atomic E-state index is 0.0360. The summed E-state index contributed by atoms with van der Waals surface area (Å²) in [6.45, 7) is 6.62. The molecule has 0 unspecified atom stereocenters. The largest absolute Gasteiger partial charge is 0.383 e. The van der Waals surface area contributed by atoms with Gasteiger partial charge in [-0.3, -0.25) is 9.20 Å². The van der Waals surface area contributed by atoms with Crippen molar-refractivity contribution in [2.75, 3.05) is 19.5 Å². The molecule has 3 aromatic rings. The van der Waals surface area contributed by atoms with Crippen molar-refractivity contribution in [2.45, 2.75) is 32.0 Å². The number of halogens is 2. The number of thioether (sulfide) groups is 1. The third-order valence-corrected chi connectivity index (χ3v) is 5.79. The molecule has 0 aliphatic carbocycles. The van der Waals surface area contributed by atoms with Gasteiger partial charge in [0.2, 0.25) is 0 Å². The van der Waals surface area contributed by atoms with Crippen LogP contribution in [0.2, 0.25) is 10.0 Å². The molecule has 0 radical (unpaired) electrons. The number of methoxy groups -OCH3 is 1. The van der Waals surface area contributed by atoms with E-state index in [4.69, 9.17) is 27.9 Å². The second-order valence-corrected chi connectivity index (χ2v) is 8.14. The number of ketones is 1. The predicted octanol–water partition coefficient (Wildman–Crippen LogP) is 4.64. The highest BCUT2D eigenvalue weighted by atomic mass is 35.5. The van der Waals surface area contributed by atoms with Crippen molar-refractivity contribution in [1.82, 2.24) is 19.2 Å². The van der Waals surface area contributed by atoms with E-state index < -0.39 is 0 Å². The number of Topliss-reactive ketones (excluding diaryl/α,β-unsaturated/α-hetero) is 1. The van der Waals surface area contributed by atoms with Crippen LogP contribution < -0.4 is 0 Å². The van der Waals surface area contributed by atoms with Crippen molar-refractivity contribution >= 4 is 46.4 Å². The van der Waals surface area contributed by atoms with E-state index in [2.05, 4.69) is 21.7 Å². The van der Waals surface area contributed by atoms with Gasteiger partial charge < -0.3 is 9.30 Å². The van der Waals surface area contributed by atoms with Crippen LogP contribution in [-0.4, -0.2) is 44.4 Å². The van der Waals surface area contributed by atoms with Crippen LogP contribution in [0.4, 0.5) is 0 Å². The molecule has 0 saturated heterocycles. The molecule has 0 fully saturated rings. The Balaban J connectivity index is 1.80. The predicted molar refractivity (Wildman–Crippen MR) is 109 cm³/mol. The summed E-state index contributed by atoms with van der Waals surface area (Å²) in [5.41, 5.74) is 3.21. The van der Waals surface area contributed by atoms with Crippen molar-refractivity contribution in [3.63, 3.8) is 0 Å². The van der Waals surface area contributed by atoms with E-state index in [1.54, 1.807) is 23.8 Å².